The molecule has 0 aliphatic carbocycles. The molecule has 0 fully saturated rings. The Morgan fingerprint density at radius 2 is 1.65 bits per heavy atom. The van der Waals surface area contributed by atoms with Gasteiger partial charge in [-0.2, -0.15) is 0 Å². The second kappa shape index (κ2) is 5.25. The lowest BCUT2D eigenvalue weighted by atomic mass is 9.97. The topological polar surface area (TPSA) is 30.2 Å². The van der Waals surface area contributed by atoms with Gasteiger partial charge in [0.1, 0.15) is 11.2 Å². The minimum absolute atomic E-state index is 0.00759. The molecular weight excluding hydrogens is 308 g/mol. The van der Waals surface area contributed by atoms with E-state index in [1.165, 1.54) is 0 Å². The van der Waals surface area contributed by atoms with Crippen LogP contribution in [0.15, 0.2) is 69.9 Å². The molecule has 0 aliphatic rings. The first-order valence-corrected chi connectivity index (χ1v) is 7.73. The first-order chi connectivity index (χ1) is 11.1. The van der Waals surface area contributed by atoms with E-state index in [4.69, 9.17) is 16.0 Å². The summed E-state index contributed by atoms with van der Waals surface area (Å²) in [5.74, 6) is 0. The first-order valence-electron chi connectivity index (χ1n) is 7.35. The molecule has 3 heteroatoms. The number of aryl methyl sites for hydroxylation is 1. The Labute approximate surface area is 137 Å². The van der Waals surface area contributed by atoms with Crippen molar-refractivity contribution in [3.05, 3.63) is 81.5 Å². The van der Waals surface area contributed by atoms with Crippen LogP contribution in [0.3, 0.4) is 0 Å². The maximum atomic E-state index is 13.0. The molecular formula is C20H13ClO2. The average Bonchev–Trinajstić information content (AvgIpc) is 2.55. The summed E-state index contributed by atoms with van der Waals surface area (Å²) in [5.41, 5.74) is 4.07. The van der Waals surface area contributed by atoms with Gasteiger partial charge in [0.15, 0.2) is 0 Å². The summed E-state index contributed by atoms with van der Waals surface area (Å²) in [7, 11) is 0. The molecule has 4 rings (SSSR count). The van der Waals surface area contributed by atoms with E-state index in [0.717, 1.165) is 16.7 Å². The summed E-state index contributed by atoms with van der Waals surface area (Å²) in [6.45, 7) is 1.99. The molecule has 0 N–H and O–H groups in total. The minimum atomic E-state index is -0.00759. The van der Waals surface area contributed by atoms with E-state index in [-0.39, 0.29) is 5.43 Å². The van der Waals surface area contributed by atoms with Crippen LogP contribution in [-0.2, 0) is 0 Å². The SMILES string of the molecule is Cc1cc(-c2ccc(Cl)cc2)c2c(=O)c3ccccc3oc2c1. The average molecular weight is 321 g/mol. The molecule has 0 unspecified atom stereocenters. The Kier molecular flexibility index (Phi) is 3.21. The highest BCUT2D eigenvalue weighted by Gasteiger charge is 2.13. The van der Waals surface area contributed by atoms with Gasteiger partial charge in [-0.15, -0.1) is 0 Å². The fraction of sp³-hybridized carbons (Fsp3) is 0.0500. The van der Waals surface area contributed by atoms with Crippen molar-refractivity contribution in [3.8, 4) is 11.1 Å². The monoisotopic (exact) mass is 320 g/mol. The lowest BCUT2D eigenvalue weighted by Crippen LogP contribution is -2.04. The van der Waals surface area contributed by atoms with E-state index in [1.54, 1.807) is 6.07 Å². The standard InChI is InChI=1S/C20H13ClO2/c1-12-10-16(13-6-8-14(21)9-7-13)19-18(11-12)23-17-5-3-2-4-15(17)20(19)22/h2-11H,1H3. The molecule has 0 spiro atoms. The Morgan fingerprint density at radius 3 is 2.43 bits per heavy atom. The summed E-state index contributed by atoms with van der Waals surface area (Å²) < 4.78 is 5.97. The summed E-state index contributed by atoms with van der Waals surface area (Å²) in [4.78, 5) is 13.0. The molecule has 0 saturated carbocycles. The Hall–Kier alpha value is -2.58. The minimum Gasteiger partial charge on any atom is -0.456 e. The maximum Gasteiger partial charge on any atom is 0.201 e. The largest absolute Gasteiger partial charge is 0.456 e. The molecule has 0 saturated heterocycles. The van der Waals surface area contributed by atoms with E-state index in [9.17, 15) is 4.79 Å². The van der Waals surface area contributed by atoms with E-state index in [2.05, 4.69) is 0 Å². The summed E-state index contributed by atoms with van der Waals surface area (Å²) in [6.07, 6.45) is 0. The predicted octanol–water partition coefficient (Wildman–Crippen LogP) is 5.58. The number of halogens is 1. The van der Waals surface area contributed by atoms with E-state index in [0.29, 0.717) is 27.0 Å². The zero-order chi connectivity index (χ0) is 16.0. The van der Waals surface area contributed by atoms with Gasteiger partial charge in [-0.1, -0.05) is 41.9 Å². The molecule has 0 amide bonds. The van der Waals surface area contributed by atoms with Crippen LogP contribution in [0.4, 0.5) is 0 Å². The van der Waals surface area contributed by atoms with Crippen molar-refractivity contribution >= 4 is 33.5 Å². The van der Waals surface area contributed by atoms with Crippen molar-refractivity contribution in [2.45, 2.75) is 6.92 Å². The lowest BCUT2D eigenvalue weighted by molar-refractivity contribution is 0.659. The molecule has 1 aromatic heterocycles. The summed E-state index contributed by atoms with van der Waals surface area (Å²) in [6, 6.07) is 18.7. The number of benzene rings is 3. The van der Waals surface area contributed by atoms with Crippen LogP contribution in [0.25, 0.3) is 33.1 Å². The Bertz CT molecular complexity index is 1090. The van der Waals surface area contributed by atoms with Crippen molar-refractivity contribution in [1.82, 2.24) is 0 Å². The van der Waals surface area contributed by atoms with Gasteiger partial charge in [-0.25, -0.2) is 0 Å². The van der Waals surface area contributed by atoms with Crippen LogP contribution < -0.4 is 5.43 Å². The van der Waals surface area contributed by atoms with Gasteiger partial charge < -0.3 is 4.42 Å². The van der Waals surface area contributed by atoms with Gasteiger partial charge in [0.2, 0.25) is 5.43 Å². The third-order valence-electron chi connectivity index (χ3n) is 3.98. The quantitative estimate of drug-likeness (QED) is 0.429. The first kappa shape index (κ1) is 14.0. The molecule has 1 heterocycles. The second-order valence-electron chi connectivity index (χ2n) is 5.62. The Balaban J connectivity index is 2.17. The number of rotatable bonds is 1. The molecule has 0 bridgehead atoms. The second-order valence-corrected chi connectivity index (χ2v) is 6.06. The van der Waals surface area contributed by atoms with Crippen LogP contribution in [0.5, 0.6) is 0 Å². The van der Waals surface area contributed by atoms with Crippen molar-refractivity contribution in [2.24, 2.45) is 0 Å². The molecule has 3 aromatic carbocycles. The van der Waals surface area contributed by atoms with Gasteiger partial charge in [0.25, 0.3) is 0 Å². The smallest absolute Gasteiger partial charge is 0.201 e. The lowest BCUT2D eigenvalue weighted by Gasteiger charge is -2.09. The van der Waals surface area contributed by atoms with Crippen molar-refractivity contribution in [2.75, 3.05) is 0 Å². The van der Waals surface area contributed by atoms with Gasteiger partial charge >= 0.3 is 0 Å². The maximum absolute atomic E-state index is 13.0. The normalized spacial score (nSPS) is 11.2. The van der Waals surface area contributed by atoms with Gasteiger partial charge in [0, 0.05) is 5.02 Å². The van der Waals surface area contributed by atoms with Crippen molar-refractivity contribution < 1.29 is 4.42 Å². The van der Waals surface area contributed by atoms with Crippen LogP contribution in [-0.4, -0.2) is 0 Å². The van der Waals surface area contributed by atoms with E-state index >= 15 is 0 Å². The molecule has 0 atom stereocenters. The van der Waals surface area contributed by atoms with Crippen molar-refractivity contribution in [3.63, 3.8) is 0 Å². The molecule has 0 radical (unpaired) electrons. The number of hydrogen-bond donors (Lipinski definition) is 0. The van der Waals surface area contributed by atoms with Gasteiger partial charge in [0.05, 0.1) is 10.8 Å². The fourth-order valence-electron chi connectivity index (χ4n) is 2.92. The zero-order valence-corrected chi connectivity index (χ0v) is 13.2. The Morgan fingerprint density at radius 1 is 0.913 bits per heavy atom. The van der Waals surface area contributed by atoms with E-state index < -0.39 is 0 Å². The van der Waals surface area contributed by atoms with Crippen molar-refractivity contribution in [1.29, 1.82) is 0 Å². The number of para-hydroxylation sites is 1. The zero-order valence-electron chi connectivity index (χ0n) is 12.5. The van der Waals surface area contributed by atoms with Gasteiger partial charge in [-0.05, 0) is 53.9 Å². The van der Waals surface area contributed by atoms with Crippen LogP contribution >= 0.6 is 11.6 Å². The number of hydrogen-bond acceptors (Lipinski definition) is 2. The summed E-state index contributed by atoms with van der Waals surface area (Å²) >= 11 is 5.98. The molecule has 23 heavy (non-hydrogen) atoms. The van der Waals surface area contributed by atoms with Crippen LogP contribution in [0, 0.1) is 6.92 Å². The third kappa shape index (κ3) is 2.32. The highest BCUT2D eigenvalue weighted by atomic mass is 35.5. The third-order valence-corrected chi connectivity index (χ3v) is 4.23. The number of fused-ring (bicyclic) bond motifs is 2. The molecule has 4 aromatic rings. The fourth-order valence-corrected chi connectivity index (χ4v) is 3.05. The highest BCUT2D eigenvalue weighted by Crippen LogP contribution is 2.30. The predicted molar refractivity (Wildman–Crippen MR) is 95.2 cm³/mol. The molecule has 112 valence electrons. The molecule has 0 aliphatic heterocycles. The summed E-state index contributed by atoms with van der Waals surface area (Å²) in [5, 5.41) is 1.87. The highest BCUT2D eigenvalue weighted by molar-refractivity contribution is 6.30. The van der Waals surface area contributed by atoms with E-state index in [1.807, 2.05) is 61.5 Å². The van der Waals surface area contributed by atoms with Crippen LogP contribution in [0.2, 0.25) is 5.02 Å². The van der Waals surface area contributed by atoms with Crippen LogP contribution in [0.1, 0.15) is 5.56 Å². The molecule has 2 nitrogen and oxygen atoms in total. The van der Waals surface area contributed by atoms with Gasteiger partial charge in [-0.3, -0.25) is 4.79 Å².